The molecule has 1 fully saturated rings. The molecule has 88 valence electrons. The Bertz CT molecular complexity index is 548. The fraction of sp³-hybridized carbons (Fsp3) is 0.333. The Labute approximate surface area is 103 Å². The first-order valence-electron chi connectivity index (χ1n) is 5.57. The summed E-state index contributed by atoms with van der Waals surface area (Å²) in [6.45, 7) is 0.523. The minimum absolute atomic E-state index is 0.236. The van der Waals surface area contributed by atoms with Crippen LogP contribution >= 0.6 is 11.6 Å². The lowest BCUT2D eigenvalue weighted by atomic mass is 10.2. The summed E-state index contributed by atoms with van der Waals surface area (Å²) >= 11 is 6.00. The molecule has 1 aliphatic carbocycles. The van der Waals surface area contributed by atoms with Gasteiger partial charge < -0.3 is 0 Å². The Hall–Kier alpha value is -1.42. The van der Waals surface area contributed by atoms with Crippen molar-refractivity contribution < 1.29 is 4.39 Å². The summed E-state index contributed by atoms with van der Waals surface area (Å²) in [6, 6.07) is 6.50. The molecule has 0 unspecified atom stereocenters. The van der Waals surface area contributed by atoms with Crippen LogP contribution in [0.25, 0.3) is 0 Å². The molecule has 0 atom stereocenters. The Kier molecular flexibility index (Phi) is 2.59. The number of benzene rings is 1. The molecule has 0 amide bonds. The molecular formula is C12H11ClFN3. The van der Waals surface area contributed by atoms with Crippen molar-refractivity contribution in [3.8, 4) is 0 Å². The van der Waals surface area contributed by atoms with E-state index >= 15 is 0 Å². The molecule has 3 rings (SSSR count). The van der Waals surface area contributed by atoms with E-state index in [9.17, 15) is 4.39 Å². The van der Waals surface area contributed by atoms with Crippen molar-refractivity contribution >= 4 is 11.6 Å². The van der Waals surface area contributed by atoms with E-state index < -0.39 is 0 Å². The van der Waals surface area contributed by atoms with Crippen molar-refractivity contribution in [2.24, 2.45) is 0 Å². The third-order valence-electron chi connectivity index (χ3n) is 2.91. The fourth-order valence-electron chi connectivity index (χ4n) is 1.90. The highest BCUT2D eigenvalue weighted by atomic mass is 35.5. The summed E-state index contributed by atoms with van der Waals surface area (Å²) in [5.41, 5.74) is 0.869. The van der Waals surface area contributed by atoms with Gasteiger partial charge in [-0.15, -0.1) is 10.2 Å². The average molecular weight is 252 g/mol. The Balaban J connectivity index is 1.91. The van der Waals surface area contributed by atoms with Gasteiger partial charge in [-0.2, -0.15) is 0 Å². The van der Waals surface area contributed by atoms with Gasteiger partial charge >= 0.3 is 0 Å². The third-order valence-corrected chi connectivity index (χ3v) is 3.19. The lowest BCUT2D eigenvalue weighted by molar-refractivity contribution is 0.622. The van der Waals surface area contributed by atoms with E-state index in [-0.39, 0.29) is 5.82 Å². The second-order valence-electron chi connectivity index (χ2n) is 4.32. The van der Waals surface area contributed by atoms with E-state index in [1.165, 1.54) is 12.1 Å². The molecule has 0 aliphatic heterocycles. The van der Waals surface area contributed by atoms with Crippen LogP contribution in [0.15, 0.2) is 24.3 Å². The lowest BCUT2D eigenvalue weighted by Crippen LogP contribution is -2.04. The summed E-state index contributed by atoms with van der Waals surface area (Å²) in [5.74, 6) is 1.16. The minimum Gasteiger partial charge on any atom is -0.297 e. The summed E-state index contributed by atoms with van der Waals surface area (Å²) < 4.78 is 14.9. The molecular weight excluding hydrogens is 241 g/mol. The third kappa shape index (κ3) is 2.17. The number of aromatic nitrogens is 3. The van der Waals surface area contributed by atoms with Crippen LogP contribution in [0.4, 0.5) is 4.39 Å². The average Bonchev–Trinajstić information content (AvgIpc) is 3.07. The molecule has 0 radical (unpaired) electrons. The number of hydrogen-bond acceptors (Lipinski definition) is 2. The van der Waals surface area contributed by atoms with E-state index in [0.717, 1.165) is 24.2 Å². The van der Waals surface area contributed by atoms with Crippen LogP contribution in [0.3, 0.4) is 0 Å². The van der Waals surface area contributed by atoms with Crippen molar-refractivity contribution in [1.29, 1.82) is 0 Å². The first kappa shape index (κ1) is 10.7. The van der Waals surface area contributed by atoms with Gasteiger partial charge in [-0.05, 0) is 42.1 Å². The van der Waals surface area contributed by atoms with E-state index in [0.29, 0.717) is 17.7 Å². The molecule has 3 nitrogen and oxygen atoms in total. The van der Waals surface area contributed by atoms with Crippen LogP contribution in [0.5, 0.6) is 0 Å². The van der Waals surface area contributed by atoms with Gasteiger partial charge in [-0.25, -0.2) is 4.39 Å². The standard InChI is InChI=1S/C12H11ClFN3/c13-12-16-15-11(9-4-5-9)17(12)7-8-2-1-3-10(14)6-8/h1-3,6,9H,4-5,7H2. The van der Waals surface area contributed by atoms with Crippen LogP contribution in [0, 0.1) is 5.82 Å². The number of rotatable bonds is 3. The predicted molar refractivity (Wildman–Crippen MR) is 62.5 cm³/mol. The van der Waals surface area contributed by atoms with Crippen molar-refractivity contribution in [3.63, 3.8) is 0 Å². The smallest absolute Gasteiger partial charge is 0.225 e. The second kappa shape index (κ2) is 4.11. The maximum atomic E-state index is 13.1. The Morgan fingerprint density at radius 1 is 1.35 bits per heavy atom. The highest BCUT2D eigenvalue weighted by Crippen LogP contribution is 2.39. The molecule has 0 spiro atoms. The molecule has 0 N–H and O–H groups in total. The molecule has 17 heavy (non-hydrogen) atoms. The van der Waals surface area contributed by atoms with Crippen LogP contribution in [-0.4, -0.2) is 14.8 Å². The summed E-state index contributed by atoms with van der Waals surface area (Å²) in [5, 5.41) is 8.34. The van der Waals surface area contributed by atoms with E-state index in [1.54, 1.807) is 6.07 Å². The fourth-order valence-corrected chi connectivity index (χ4v) is 2.09. The monoisotopic (exact) mass is 251 g/mol. The second-order valence-corrected chi connectivity index (χ2v) is 4.66. The highest BCUT2D eigenvalue weighted by molar-refractivity contribution is 6.28. The Morgan fingerprint density at radius 2 is 2.18 bits per heavy atom. The first-order valence-corrected chi connectivity index (χ1v) is 5.95. The summed E-state index contributed by atoms with van der Waals surface area (Å²) in [6.07, 6.45) is 2.27. The zero-order chi connectivity index (χ0) is 11.8. The van der Waals surface area contributed by atoms with Gasteiger partial charge in [0.1, 0.15) is 11.6 Å². The minimum atomic E-state index is -0.236. The van der Waals surface area contributed by atoms with Crippen molar-refractivity contribution in [1.82, 2.24) is 14.8 Å². The molecule has 1 aromatic heterocycles. The first-order chi connectivity index (χ1) is 8.24. The molecule has 5 heteroatoms. The molecule has 0 bridgehead atoms. The predicted octanol–water partition coefficient (Wildman–Crippen LogP) is 3.00. The molecule has 1 saturated carbocycles. The molecule has 0 saturated heterocycles. The lowest BCUT2D eigenvalue weighted by Gasteiger charge is -2.07. The summed E-state index contributed by atoms with van der Waals surface area (Å²) in [4.78, 5) is 0. The van der Waals surface area contributed by atoms with Gasteiger partial charge in [0.15, 0.2) is 0 Å². The van der Waals surface area contributed by atoms with Gasteiger partial charge in [-0.3, -0.25) is 4.57 Å². The van der Waals surface area contributed by atoms with E-state index in [1.807, 2.05) is 10.6 Å². The summed E-state index contributed by atoms with van der Waals surface area (Å²) in [7, 11) is 0. The molecule has 1 heterocycles. The van der Waals surface area contributed by atoms with Gasteiger partial charge in [0.05, 0.1) is 6.54 Å². The van der Waals surface area contributed by atoms with Gasteiger partial charge in [0, 0.05) is 5.92 Å². The number of halogens is 2. The zero-order valence-corrected chi connectivity index (χ0v) is 9.86. The van der Waals surface area contributed by atoms with Gasteiger partial charge in [-0.1, -0.05) is 12.1 Å². The quantitative estimate of drug-likeness (QED) is 0.840. The van der Waals surface area contributed by atoms with Crippen LogP contribution < -0.4 is 0 Å². The van der Waals surface area contributed by atoms with Gasteiger partial charge in [0.2, 0.25) is 5.28 Å². The number of nitrogens with zero attached hydrogens (tertiary/aromatic N) is 3. The maximum absolute atomic E-state index is 13.1. The van der Waals surface area contributed by atoms with E-state index in [2.05, 4.69) is 10.2 Å². The van der Waals surface area contributed by atoms with Gasteiger partial charge in [0.25, 0.3) is 0 Å². The molecule has 1 aromatic carbocycles. The van der Waals surface area contributed by atoms with Crippen LogP contribution in [0.2, 0.25) is 5.28 Å². The Morgan fingerprint density at radius 3 is 2.88 bits per heavy atom. The zero-order valence-electron chi connectivity index (χ0n) is 9.11. The van der Waals surface area contributed by atoms with Crippen LogP contribution in [-0.2, 0) is 6.54 Å². The van der Waals surface area contributed by atoms with E-state index in [4.69, 9.17) is 11.6 Å². The van der Waals surface area contributed by atoms with Crippen molar-refractivity contribution in [2.75, 3.05) is 0 Å². The number of hydrogen-bond donors (Lipinski definition) is 0. The highest BCUT2D eigenvalue weighted by Gasteiger charge is 2.30. The maximum Gasteiger partial charge on any atom is 0.225 e. The topological polar surface area (TPSA) is 30.7 Å². The molecule has 2 aromatic rings. The van der Waals surface area contributed by atoms with Crippen molar-refractivity contribution in [2.45, 2.75) is 25.3 Å². The van der Waals surface area contributed by atoms with Crippen LogP contribution in [0.1, 0.15) is 30.1 Å². The normalized spacial score (nSPS) is 15.2. The SMILES string of the molecule is Fc1cccc(Cn2c(Cl)nnc2C2CC2)c1. The molecule has 1 aliphatic rings. The largest absolute Gasteiger partial charge is 0.297 e. The van der Waals surface area contributed by atoms with Crippen molar-refractivity contribution in [3.05, 3.63) is 46.8 Å².